The molecule has 0 atom stereocenters. The van der Waals surface area contributed by atoms with Crippen LogP contribution in [0.4, 0.5) is 0 Å². The van der Waals surface area contributed by atoms with E-state index in [1.54, 1.807) is 18.2 Å². The van der Waals surface area contributed by atoms with Crippen molar-refractivity contribution in [3.05, 3.63) is 32.5 Å². The largest absolute Gasteiger partial charge is 0.409 e. The molecule has 1 aromatic heterocycles. The Bertz CT molecular complexity index is 522. The molecule has 1 aromatic carbocycles. The maximum absolute atomic E-state index is 5.80. The van der Waals surface area contributed by atoms with Crippen molar-refractivity contribution < 1.29 is 4.42 Å². The van der Waals surface area contributed by atoms with E-state index in [2.05, 4.69) is 26.1 Å². The second kappa shape index (κ2) is 3.84. The van der Waals surface area contributed by atoms with Crippen molar-refractivity contribution >= 4 is 39.7 Å². The Morgan fingerprint density at radius 2 is 2.29 bits per heavy atom. The highest BCUT2D eigenvalue weighted by Gasteiger charge is 2.08. The summed E-state index contributed by atoms with van der Waals surface area (Å²) in [5, 5.41) is 7.11. The number of H-pyrrole nitrogens is 1. The molecule has 0 radical (unpaired) electrons. The number of aromatic amines is 1. The van der Waals surface area contributed by atoms with Crippen molar-refractivity contribution in [1.29, 1.82) is 0 Å². The van der Waals surface area contributed by atoms with Gasteiger partial charge in [0.05, 0.1) is 5.56 Å². The van der Waals surface area contributed by atoms with Crippen LogP contribution >= 0.6 is 39.7 Å². The number of hydrogen-bond acceptors (Lipinski definition) is 3. The minimum Gasteiger partial charge on any atom is -0.409 e. The van der Waals surface area contributed by atoms with E-state index in [9.17, 15) is 0 Å². The van der Waals surface area contributed by atoms with Gasteiger partial charge in [0.15, 0.2) is 0 Å². The normalized spacial score (nSPS) is 10.4. The number of hydrogen-bond donors (Lipinski definition) is 1. The fraction of sp³-hybridized carbons (Fsp3) is 0. The summed E-state index contributed by atoms with van der Waals surface area (Å²) in [6, 6.07) is 5.33. The Kier molecular flexibility index (Phi) is 2.71. The molecular weight excluding hydrogens is 288 g/mol. The smallest absolute Gasteiger partial charge is 0.284 e. The molecule has 6 heteroatoms. The SMILES string of the molecule is S=c1[nH]nc(-c2ccc(Cl)cc2Br)o1. The Hall–Kier alpha value is -0.650. The standard InChI is InChI=1S/C8H4BrClN2OS/c9-6-3-4(10)1-2-5(6)7-11-12-8(14)13-7/h1-3H,(H,12,14). The molecular formula is C8H4BrClN2OS. The van der Waals surface area contributed by atoms with Crippen LogP contribution in [0.3, 0.4) is 0 Å². The average molecular weight is 292 g/mol. The van der Waals surface area contributed by atoms with Gasteiger partial charge in [-0.15, -0.1) is 5.10 Å². The maximum atomic E-state index is 5.80. The van der Waals surface area contributed by atoms with Crippen LogP contribution in [0.15, 0.2) is 27.1 Å². The summed E-state index contributed by atoms with van der Waals surface area (Å²) in [6.07, 6.45) is 0. The van der Waals surface area contributed by atoms with Gasteiger partial charge in [0.1, 0.15) is 0 Å². The third kappa shape index (κ3) is 1.89. The van der Waals surface area contributed by atoms with E-state index in [4.69, 9.17) is 28.2 Å². The van der Waals surface area contributed by atoms with Crippen molar-refractivity contribution in [2.24, 2.45) is 0 Å². The Morgan fingerprint density at radius 1 is 1.50 bits per heavy atom. The van der Waals surface area contributed by atoms with E-state index < -0.39 is 0 Å². The van der Waals surface area contributed by atoms with Gasteiger partial charge < -0.3 is 4.42 Å². The molecule has 0 bridgehead atoms. The summed E-state index contributed by atoms with van der Waals surface area (Å²) >= 11 is 13.9. The van der Waals surface area contributed by atoms with E-state index >= 15 is 0 Å². The number of rotatable bonds is 1. The lowest BCUT2D eigenvalue weighted by Crippen LogP contribution is -1.79. The number of aromatic nitrogens is 2. The van der Waals surface area contributed by atoms with Gasteiger partial charge in [0, 0.05) is 9.50 Å². The minimum atomic E-state index is 0.252. The van der Waals surface area contributed by atoms with Gasteiger partial charge in [-0.2, -0.15) is 0 Å². The highest BCUT2D eigenvalue weighted by atomic mass is 79.9. The molecule has 0 fully saturated rings. The molecule has 0 saturated carbocycles. The number of nitrogens with zero attached hydrogens (tertiary/aromatic N) is 1. The van der Waals surface area contributed by atoms with Crippen LogP contribution in [0.1, 0.15) is 0 Å². The van der Waals surface area contributed by atoms with Crippen molar-refractivity contribution in [1.82, 2.24) is 10.2 Å². The molecule has 1 N–H and O–H groups in total. The van der Waals surface area contributed by atoms with Crippen molar-refractivity contribution in [3.8, 4) is 11.5 Å². The van der Waals surface area contributed by atoms with E-state index in [1.807, 2.05) is 0 Å². The van der Waals surface area contributed by atoms with Crippen LogP contribution < -0.4 is 0 Å². The zero-order valence-electron chi connectivity index (χ0n) is 6.75. The number of benzene rings is 1. The summed E-state index contributed by atoms with van der Waals surface area (Å²) < 4.78 is 5.98. The molecule has 14 heavy (non-hydrogen) atoms. The van der Waals surface area contributed by atoms with Gasteiger partial charge in [-0.3, -0.25) is 0 Å². The monoisotopic (exact) mass is 290 g/mol. The van der Waals surface area contributed by atoms with Crippen LogP contribution in [-0.4, -0.2) is 10.2 Å². The van der Waals surface area contributed by atoms with Crippen molar-refractivity contribution in [2.45, 2.75) is 0 Å². The van der Waals surface area contributed by atoms with Gasteiger partial charge in [-0.05, 0) is 46.3 Å². The highest BCUT2D eigenvalue weighted by Crippen LogP contribution is 2.29. The fourth-order valence-electron chi connectivity index (χ4n) is 1.01. The Balaban J connectivity index is 2.57. The zero-order valence-corrected chi connectivity index (χ0v) is 9.91. The van der Waals surface area contributed by atoms with E-state index in [1.165, 1.54) is 0 Å². The van der Waals surface area contributed by atoms with Gasteiger partial charge in [0.25, 0.3) is 4.84 Å². The summed E-state index contributed by atoms with van der Waals surface area (Å²) in [7, 11) is 0. The van der Waals surface area contributed by atoms with Gasteiger partial charge in [-0.25, -0.2) is 5.10 Å². The van der Waals surface area contributed by atoms with E-state index in [0.717, 1.165) is 10.0 Å². The molecule has 0 unspecified atom stereocenters. The number of nitrogens with one attached hydrogen (secondary N) is 1. The first-order valence-electron chi connectivity index (χ1n) is 3.68. The van der Waals surface area contributed by atoms with Gasteiger partial charge in [0.2, 0.25) is 5.89 Å². The van der Waals surface area contributed by atoms with Crippen LogP contribution in [0, 0.1) is 4.84 Å². The predicted octanol–water partition coefficient (Wildman–Crippen LogP) is 3.82. The topological polar surface area (TPSA) is 41.8 Å². The van der Waals surface area contributed by atoms with Crippen molar-refractivity contribution in [3.63, 3.8) is 0 Å². The van der Waals surface area contributed by atoms with Crippen LogP contribution in [-0.2, 0) is 0 Å². The molecule has 1 heterocycles. The zero-order chi connectivity index (χ0) is 10.1. The molecule has 0 amide bonds. The molecule has 2 rings (SSSR count). The third-order valence-electron chi connectivity index (χ3n) is 1.60. The summed E-state index contributed by atoms with van der Waals surface area (Å²) in [5.41, 5.74) is 0.807. The molecule has 0 saturated heterocycles. The summed E-state index contributed by atoms with van der Waals surface area (Å²) in [6.45, 7) is 0. The molecule has 0 aliphatic heterocycles. The second-order valence-electron chi connectivity index (χ2n) is 2.54. The lowest BCUT2D eigenvalue weighted by molar-refractivity contribution is 0.552. The van der Waals surface area contributed by atoms with Gasteiger partial charge >= 0.3 is 0 Å². The molecule has 0 aliphatic rings. The first-order valence-corrected chi connectivity index (χ1v) is 5.25. The fourth-order valence-corrected chi connectivity index (χ4v) is 1.98. The van der Waals surface area contributed by atoms with Crippen LogP contribution in [0.25, 0.3) is 11.5 Å². The molecule has 3 nitrogen and oxygen atoms in total. The lowest BCUT2D eigenvalue weighted by atomic mass is 10.2. The van der Waals surface area contributed by atoms with Crippen LogP contribution in [0.5, 0.6) is 0 Å². The predicted molar refractivity (Wildman–Crippen MR) is 59.8 cm³/mol. The van der Waals surface area contributed by atoms with E-state index in [-0.39, 0.29) is 4.84 Å². The second-order valence-corrected chi connectivity index (χ2v) is 4.20. The third-order valence-corrected chi connectivity index (χ3v) is 2.67. The van der Waals surface area contributed by atoms with Crippen LogP contribution in [0.2, 0.25) is 5.02 Å². The Morgan fingerprint density at radius 3 is 2.86 bits per heavy atom. The minimum absolute atomic E-state index is 0.252. The average Bonchev–Trinajstić information content (AvgIpc) is 2.51. The molecule has 0 aliphatic carbocycles. The quantitative estimate of drug-likeness (QED) is 0.812. The highest BCUT2D eigenvalue weighted by molar-refractivity contribution is 9.10. The van der Waals surface area contributed by atoms with Gasteiger partial charge in [-0.1, -0.05) is 11.6 Å². The van der Waals surface area contributed by atoms with E-state index in [0.29, 0.717) is 10.9 Å². The van der Waals surface area contributed by atoms with Crippen molar-refractivity contribution in [2.75, 3.05) is 0 Å². The molecule has 2 aromatic rings. The Labute approximate surface area is 98.2 Å². The maximum Gasteiger partial charge on any atom is 0.284 e. The molecule has 72 valence electrons. The number of halogens is 2. The first kappa shape index (κ1) is 9.89. The first-order chi connectivity index (χ1) is 6.66. The molecule has 0 spiro atoms. The summed E-state index contributed by atoms with van der Waals surface area (Å²) in [5.74, 6) is 0.443. The lowest BCUT2D eigenvalue weighted by Gasteiger charge is -1.98. The summed E-state index contributed by atoms with van der Waals surface area (Å²) in [4.78, 5) is 0.252.